The molecule has 0 heterocycles. The SMILES string of the molecule is CC(C)(C)NCC(CS(=O)(=O)O)C12CC3CC(CC(C3)C1)C2. The standard InChI is InChI=1S/C17H31NO3S/c1-16(2,3)18-10-15(11-22(19,20)21)17-7-12-4-13(8-17)6-14(5-12)9-17/h12-15,18H,4-11H2,1-3H3,(H,19,20,21). The van der Waals surface area contributed by atoms with E-state index in [2.05, 4.69) is 26.1 Å². The third kappa shape index (κ3) is 3.68. The van der Waals surface area contributed by atoms with Gasteiger partial charge in [-0.1, -0.05) is 0 Å². The molecule has 0 saturated heterocycles. The van der Waals surface area contributed by atoms with E-state index in [1.165, 1.54) is 38.5 Å². The summed E-state index contributed by atoms with van der Waals surface area (Å²) in [5.74, 6) is 2.34. The highest BCUT2D eigenvalue weighted by atomic mass is 32.2. The van der Waals surface area contributed by atoms with E-state index in [1.807, 2.05) is 0 Å². The van der Waals surface area contributed by atoms with Crippen molar-refractivity contribution in [1.29, 1.82) is 0 Å². The minimum absolute atomic E-state index is 0.0280. The first kappa shape index (κ1) is 16.7. The van der Waals surface area contributed by atoms with Crippen LogP contribution in [0, 0.1) is 29.1 Å². The Morgan fingerprint density at radius 2 is 1.55 bits per heavy atom. The Morgan fingerprint density at radius 3 is 1.91 bits per heavy atom. The summed E-state index contributed by atoms with van der Waals surface area (Å²) in [6.45, 7) is 7.01. The van der Waals surface area contributed by atoms with Gasteiger partial charge in [0.1, 0.15) is 0 Å². The minimum atomic E-state index is -3.92. The van der Waals surface area contributed by atoms with Crippen LogP contribution in [0.15, 0.2) is 0 Å². The van der Waals surface area contributed by atoms with Crippen molar-refractivity contribution < 1.29 is 13.0 Å². The Balaban J connectivity index is 1.81. The van der Waals surface area contributed by atoms with Gasteiger partial charge in [0.2, 0.25) is 0 Å². The second kappa shape index (κ2) is 5.45. The zero-order valence-corrected chi connectivity index (χ0v) is 15.0. The van der Waals surface area contributed by atoms with Crippen molar-refractivity contribution in [2.45, 2.75) is 64.8 Å². The average Bonchev–Trinajstić information content (AvgIpc) is 2.30. The van der Waals surface area contributed by atoms with Gasteiger partial charge in [0.25, 0.3) is 10.1 Å². The van der Waals surface area contributed by atoms with Crippen molar-refractivity contribution in [2.24, 2.45) is 29.1 Å². The number of nitrogens with one attached hydrogen (secondary N) is 1. The van der Waals surface area contributed by atoms with Gasteiger partial charge in [-0.3, -0.25) is 4.55 Å². The van der Waals surface area contributed by atoms with Crippen LogP contribution in [-0.4, -0.2) is 30.8 Å². The van der Waals surface area contributed by atoms with E-state index in [-0.39, 0.29) is 22.6 Å². The fourth-order valence-electron chi connectivity index (χ4n) is 5.81. The monoisotopic (exact) mass is 329 g/mol. The molecule has 0 spiro atoms. The summed E-state index contributed by atoms with van der Waals surface area (Å²) >= 11 is 0. The molecule has 4 aliphatic carbocycles. The van der Waals surface area contributed by atoms with Crippen molar-refractivity contribution >= 4 is 10.1 Å². The van der Waals surface area contributed by atoms with Crippen molar-refractivity contribution in [2.75, 3.05) is 12.3 Å². The van der Waals surface area contributed by atoms with Crippen LogP contribution in [-0.2, 0) is 10.1 Å². The van der Waals surface area contributed by atoms with Crippen LogP contribution in [0.2, 0.25) is 0 Å². The van der Waals surface area contributed by atoms with Crippen LogP contribution in [0.25, 0.3) is 0 Å². The van der Waals surface area contributed by atoms with Gasteiger partial charge in [0.15, 0.2) is 0 Å². The average molecular weight is 330 g/mol. The molecule has 0 amide bonds. The fraction of sp³-hybridized carbons (Fsp3) is 1.00. The molecular formula is C17H31NO3S. The van der Waals surface area contributed by atoms with E-state index in [1.54, 1.807) is 0 Å². The first-order valence-corrected chi connectivity index (χ1v) is 10.4. The highest BCUT2D eigenvalue weighted by molar-refractivity contribution is 7.85. The van der Waals surface area contributed by atoms with E-state index < -0.39 is 10.1 Å². The topological polar surface area (TPSA) is 66.4 Å². The van der Waals surface area contributed by atoms with Crippen LogP contribution in [0.3, 0.4) is 0 Å². The maximum Gasteiger partial charge on any atom is 0.265 e. The maximum atomic E-state index is 11.6. The molecule has 4 rings (SSSR count). The van der Waals surface area contributed by atoms with Crippen LogP contribution < -0.4 is 5.32 Å². The molecule has 128 valence electrons. The molecular weight excluding hydrogens is 298 g/mol. The summed E-state index contributed by atoms with van der Waals surface area (Å²) in [5, 5.41) is 3.49. The van der Waals surface area contributed by atoms with E-state index >= 15 is 0 Å². The number of rotatable bonds is 5. The molecule has 5 heteroatoms. The van der Waals surface area contributed by atoms with E-state index in [9.17, 15) is 13.0 Å². The molecule has 4 nitrogen and oxygen atoms in total. The molecule has 1 atom stereocenters. The predicted molar refractivity (Wildman–Crippen MR) is 88.3 cm³/mol. The Bertz CT molecular complexity index is 485. The van der Waals surface area contributed by atoms with Crippen molar-refractivity contribution in [1.82, 2.24) is 5.32 Å². The van der Waals surface area contributed by atoms with Crippen LogP contribution >= 0.6 is 0 Å². The molecule has 0 aliphatic heterocycles. The third-order valence-corrected chi connectivity index (χ3v) is 7.07. The van der Waals surface area contributed by atoms with Gasteiger partial charge in [0.05, 0.1) is 5.75 Å². The van der Waals surface area contributed by atoms with Gasteiger partial charge in [-0.25, -0.2) is 0 Å². The molecule has 0 radical (unpaired) electrons. The summed E-state index contributed by atoms with van der Waals surface area (Å²) in [5.41, 5.74) is 0.114. The Morgan fingerprint density at radius 1 is 1.09 bits per heavy atom. The second-order valence-electron chi connectivity index (χ2n) is 9.36. The normalized spacial score (nSPS) is 39.2. The van der Waals surface area contributed by atoms with Gasteiger partial charge in [-0.15, -0.1) is 0 Å². The first-order chi connectivity index (χ1) is 10.0. The lowest BCUT2D eigenvalue weighted by molar-refractivity contribution is -0.0826. The zero-order chi connectivity index (χ0) is 16.2. The molecule has 22 heavy (non-hydrogen) atoms. The van der Waals surface area contributed by atoms with Crippen molar-refractivity contribution in [3.8, 4) is 0 Å². The van der Waals surface area contributed by atoms with Gasteiger partial charge in [-0.2, -0.15) is 8.42 Å². The maximum absolute atomic E-state index is 11.6. The Kier molecular flexibility index (Phi) is 4.14. The zero-order valence-electron chi connectivity index (χ0n) is 14.1. The minimum Gasteiger partial charge on any atom is -0.312 e. The van der Waals surface area contributed by atoms with Crippen LogP contribution in [0.4, 0.5) is 0 Å². The smallest absolute Gasteiger partial charge is 0.265 e. The molecule has 0 aromatic heterocycles. The molecule has 0 aromatic carbocycles. The van der Waals surface area contributed by atoms with Gasteiger partial charge < -0.3 is 5.32 Å². The number of hydrogen-bond acceptors (Lipinski definition) is 3. The Hall–Kier alpha value is -0.130. The summed E-state index contributed by atoms with van der Waals surface area (Å²) in [7, 11) is -3.92. The van der Waals surface area contributed by atoms with E-state index in [4.69, 9.17) is 0 Å². The molecule has 4 aliphatic rings. The van der Waals surface area contributed by atoms with Crippen molar-refractivity contribution in [3.05, 3.63) is 0 Å². The lowest BCUT2D eigenvalue weighted by atomic mass is 9.46. The third-order valence-electron chi connectivity index (χ3n) is 6.24. The molecule has 4 fully saturated rings. The predicted octanol–water partition coefficient (Wildman–Crippen LogP) is 3.09. The summed E-state index contributed by atoms with van der Waals surface area (Å²) in [6, 6.07) is 0. The largest absolute Gasteiger partial charge is 0.312 e. The summed E-state index contributed by atoms with van der Waals surface area (Å²) in [6.07, 6.45) is 7.57. The molecule has 4 saturated carbocycles. The number of hydrogen-bond donors (Lipinski definition) is 2. The highest BCUT2D eigenvalue weighted by Gasteiger charge is 2.54. The van der Waals surface area contributed by atoms with Gasteiger partial charge in [0, 0.05) is 12.1 Å². The van der Waals surface area contributed by atoms with E-state index in [0.29, 0.717) is 6.54 Å². The fourth-order valence-corrected chi connectivity index (χ4v) is 6.79. The summed E-state index contributed by atoms with van der Waals surface area (Å²) in [4.78, 5) is 0. The molecule has 4 bridgehead atoms. The molecule has 2 N–H and O–H groups in total. The van der Waals surface area contributed by atoms with E-state index in [0.717, 1.165) is 17.8 Å². The van der Waals surface area contributed by atoms with Crippen LogP contribution in [0.5, 0.6) is 0 Å². The second-order valence-corrected chi connectivity index (χ2v) is 10.9. The first-order valence-electron chi connectivity index (χ1n) is 8.75. The summed E-state index contributed by atoms with van der Waals surface area (Å²) < 4.78 is 32.6. The highest BCUT2D eigenvalue weighted by Crippen LogP contribution is 2.62. The molecule has 1 unspecified atom stereocenters. The van der Waals surface area contributed by atoms with Gasteiger partial charge in [-0.05, 0) is 88.4 Å². The lowest BCUT2D eigenvalue weighted by Crippen LogP contribution is -2.54. The van der Waals surface area contributed by atoms with Gasteiger partial charge >= 0.3 is 0 Å². The molecule has 0 aromatic rings. The quantitative estimate of drug-likeness (QED) is 0.761. The van der Waals surface area contributed by atoms with Crippen LogP contribution in [0.1, 0.15) is 59.3 Å². The Labute approximate surface area is 135 Å². The van der Waals surface area contributed by atoms with Crippen molar-refractivity contribution in [3.63, 3.8) is 0 Å². The lowest BCUT2D eigenvalue weighted by Gasteiger charge is -2.59.